The molecule has 1 aliphatic heterocycles. The number of hydrogen-bond acceptors (Lipinski definition) is 4. The van der Waals surface area contributed by atoms with E-state index in [1.165, 1.54) is 12.1 Å². The summed E-state index contributed by atoms with van der Waals surface area (Å²) in [5.41, 5.74) is 6.86. The number of hydrogen-bond donors (Lipinski definition) is 1. The van der Waals surface area contributed by atoms with Crippen LogP contribution in [0.2, 0.25) is 0 Å². The van der Waals surface area contributed by atoms with Crippen LogP contribution in [0.25, 0.3) is 0 Å². The van der Waals surface area contributed by atoms with E-state index in [-0.39, 0.29) is 35.2 Å². The second-order valence-corrected chi connectivity index (χ2v) is 8.06. The molecular weight excluding hydrogens is 434 g/mol. The number of likely N-dealkylation sites (N-methyl/N-ethyl adjacent to an activating group) is 1. The Morgan fingerprint density at radius 3 is 2.55 bits per heavy atom. The maximum atomic E-state index is 14.5. The third-order valence-electron chi connectivity index (χ3n) is 5.88. The molecule has 172 valence electrons. The SMILES string of the molecule is C=C1N(C)C(N)=N[C@]1(c1ccc(F)c(C#CC2CC2)c1)c1ccc(OC(F)F)c(CCF)c1. The van der Waals surface area contributed by atoms with Gasteiger partial charge in [0.2, 0.25) is 0 Å². The Morgan fingerprint density at radius 1 is 1.24 bits per heavy atom. The predicted molar refractivity (Wildman–Crippen MR) is 118 cm³/mol. The van der Waals surface area contributed by atoms with Crippen molar-refractivity contribution >= 4 is 5.96 Å². The van der Waals surface area contributed by atoms with Crippen LogP contribution in [-0.2, 0) is 12.0 Å². The van der Waals surface area contributed by atoms with Crippen molar-refractivity contribution in [1.29, 1.82) is 0 Å². The minimum atomic E-state index is -3.05. The summed E-state index contributed by atoms with van der Waals surface area (Å²) in [5.74, 6) is 5.84. The number of nitrogens with two attached hydrogens (primary N) is 1. The van der Waals surface area contributed by atoms with Crippen LogP contribution in [0.5, 0.6) is 5.75 Å². The molecule has 0 unspecified atom stereocenters. The van der Waals surface area contributed by atoms with Crippen LogP contribution < -0.4 is 10.5 Å². The van der Waals surface area contributed by atoms with Crippen LogP contribution in [-0.4, -0.2) is 31.2 Å². The summed E-state index contributed by atoms with van der Waals surface area (Å²) >= 11 is 0. The molecular formula is C25H23F4N3O. The van der Waals surface area contributed by atoms with E-state index < -0.39 is 24.6 Å². The highest BCUT2D eigenvalue weighted by Crippen LogP contribution is 2.46. The van der Waals surface area contributed by atoms with Gasteiger partial charge in [-0.3, -0.25) is 4.39 Å². The molecule has 33 heavy (non-hydrogen) atoms. The summed E-state index contributed by atoms with van der Waals surface area (Å²) in [6, 6.07) is 8.93. The molecule has 2 N–H and O–H groups in total. The van der Waals surface area contributed by atoms with Crippen LogP contribution in [0.4, 0.5) is 17.6 Å². The number of aliphatic imine (C=N–C) groups is 1. The average Bonchev–Trinajstić information content (AvgIpc) is 3.58. The molecule has 8 heteroatoms. The van der Waals surface area contributed by atoms with E-state index >= 15 is 0 Å². The fourth-order valence-corrected chi connectivity index (χ4v) is 3.89. The van der Waals surface area contributed by atoms with Gasteiger partial charge in [0.25, 0.3) is 0 Å². The lowest BCUT2D eigenvalue weighted by Crippen LogP contribution is -2.32. The van der Waals surface area contributed by atoms with Crippen molar-refractivity contribution in [2.24, 2.45) is 16.6 Å². The molecule has 0 spiro atoms. The number of benzene rings is 2. The second-order valence-electron chi connectivity index (χ2n) is 8.06. The molecule has 2 aromatic carbocycles. The summed E-state index contributed by atoms with van der Waals surface area (Å²) in [6.45, 7) is 0.340. The topological polar surface area (TPSA) is 50.8 Å². The van der Waals surface area contributed by atoms with E-state index in [0.29, 0.717) is 16.8 Å². The molecule has 4 nitrogen and oxygen atoms in total. The second kappa shape index (κ2) is 8.81. The zero-order chi connectivity index (χ0) is 23.8. The van der Waals surface area contributed by atoms with Crippen molar-refractivity contribution in [3.8, 4) is 17.6 Å². The summed E-state index contributed by atoms with van der Waals surface area (Å²) < 4.78 is 58.0. The van der Waals surface area contributed by atoms with E-state index in [1.807, 2.05) is 0 Å². The van der Waals surface area contributed by atoms with Gasteiger partial charge in [-0.1, -0.05) is 30.6 Å². The van der Waals surface area contributed by atoms with Gasteiger partial charge in [0.15, 0.2) is 11.5 Å². The zero-order valence-corrected chi connectivity index (χ0v) is 18.0. The summed E-state index contributed by atoms with van der Waals surface area (Å²) in [7, 11) is 1.69. The van der Waals surface area contributed by atoms with Gasteiger partial charge < -0.3 is 15.4 Å². The molecule has 1 atom stereocenters. The highest BCUT2D eigenvalue weighted by atomic mass is 19.3. The maximum absolute atomic E-state index is 14.5. The van der Waals surface area contributed by atoms with Crippen molar-refractivity contribution in [3.05, 3.63) is 76.7 Å². The fraction of sp³-hybridized carbons (Fsp3) is 0.320. The first-order valence-electron chi connectivity index (χ1n) is 10.5. The first-order chi connectivity index (χ1) is 15.8. The predicted octanol–water partition coefficient (Wildman–Crippen LogP) is 4.72. The Morgan fingerprint density at radius 2 is 1.94 bits per heavy atom. The van der Waals surface area contributed by atoms with Gasteiger partial charge >= 0.3 is 6.61 Å². The lowest BCUT2D eigenvalue weighted by Gasteiger charge is -2.31. The molecule has 4 rings (SSSR count). The third-order valence-corrected chi connectivity index (χ3v) is 5.88. The summed E-state index contributed by atoms with van der Waals surface area (Å²) in [4.78, 5) is 6.25. The molecule has 0 bridgehead atoms. The number of guanidine groups is 1. The Hall–Kier alpha value is -3.47. The lowest BCUT2D eigenvalue weighted by atomic mass is 9.80. The molecule has 1 saturated carbocycles. The quantitative estimate of drug-likeness (QED) is 0.505. The first kappa shape index (κ1) is 22.7. The monoisotopic (exact) mass is 457 g/mol. The van der Waals surface area contributed by atoms with Gasteiger partial charge in [-0.05, 0) is 53.8 Å². The highest BCUT2D eigenvalue weighted by molar-refractivity contribution is 5.85. The number of halogens is 4. The van der Waals surface area contributed by atoms with E-state index in [0.717, 1.165) is 12.8 Å². The van der Waals surface area contributed by atoms with Crippen molar-refractivity contribution in [2.45, 2.75) is 31.4 Å². The van der Waals surface area contributed by atoms with Crippen molar-refractivity contribution in [2.75, 3.05) is 13.7 Å². The van der Waals surface area contributed by atoms with Crippen LogP contribution in [0, 0.1) is 23.6 Å². The van der Waals surface area contributed by atoms with Crippen molar-refractivity contribution < 1.29 is 22.3 Å². The minimum Gasteiger partial charge on any atom is -0.435 e. The summed E-state index contributed by atoms with van der Waals surface area (Å²) in [5, 5.41) is 0. The number of rotatable bonds is 6. The van der Waals surface area contributed by atoms with Crippen LogP contribution in [0.15, 0.2) is 53.7 Å². The Balaban J connectivity index is 1.89. The smallest absolute Gasteiger partial charge is 0.387 e. The van der Waals surface area contributed by atoms with Gasteiger partial charge in [-0.2, -0.15) is 8.78 Å². The van der Waals surface area contributed by atoms with E-state index in [2.05, 4.69) is 28.1 Å². The van der Waals surface area contributed by atoms with Gasteiger partial charge in [0.1, 0.15) is 11.6 Å². The molecule has 1 heterocycles. The van der Waals surface area contributed by atoms with Gasteiger partial charge in [0.05, 0.1) is 17.9 Å². The Bertz CT molecular complexity index is 1180. The van der Waals surface area contributed by atoms with Gasteiger partial charge in [-0.15, -0.1) is 0 Å². The van der Waals surface area contributed by atoms with Gasteiger partial charge in [-0.25, -0.2) is 9.38 Å². The maximum Gasteiger partial charge on any atom is 0.387 e. The number of nitrogens with zero attached hydrogens (tertiary/aromatic N) is 2. The van der Waals surface area contributed by atoms with E-state index in [9.17, 15) is 17.6 Å². The van der Waals surface area contributed by atoms with E-state index in [1.54, 1.807) is 36.2 Å². The molecule has 0 radical (unpaired) electrons. The zero-order valence-electron chi connectivity index (χ0n) is 18.0. The molecule has 2 aliphatic rings. The van der Waals surface area contributed by atoms with Gasteiger partial charge in [0, 0.05) is 19.4 Å². The summed E-state index contributed by atoms with van der Waals surface area (Å²) in [6.07, 6.45) is 1.88. The number of alkyl halides is 3. The molecule has 0 aromatic heterocycles. The largest absolute Gasteiger partial charge is 0.435 e. The Kier molecular flexibility index (Phi) is 6.07. The molecule has 2 aromatic rings. The lowest BCUT2D eigenvalue weighted by molar-refractivity contribution is -0.0505. The average molecular weight is 457 g/mol. The van der Waals surface area contributed by atoms with E-state index in [4.69, 9.17) is 5.73 Å². The van der Waals surface area contributed by atoms with Crippen LogP contribution in [0.1, 0.15) is 35.1 Å². The number of ether oxygens (including phenoxy) is 1. The highest BCUT2D eigenvalue weighted by Gasteiger charge is 2.45. The molecule has 0 saturated heterocycles. The molecule has 1 aliphatic carbocycles. The van der Waals surface area contributed by atoms with Crippen LogP contribution >= 0.6 is 0 Å². The molecule has 1 fully saturated rings. The van der Waals surface area contributed by atoms with Crippen molar-refractivity contribution in [3.63, 3.8) is 0 Å². The molecule has 0 amide bonds. The Labute approximate surface area is 189 Å². The third kappa shape index (κ3) is 4.28. The first-order valence-corrected chi connectivity index (χ1v) is 10.5. The fourth-order valence-electron chi connectivity index (χ4n) is 3.89. The van der Waals surface area contributed by atoms with Crippen molar-refractivity contribution in [1.82, 2.24) is 4.90 Å². The van der Waals surface area contributed by atoms with Crippen LogP contribution in [0.3, 0.4) is 0 Å². The standard InChI is InChI=1S/C25H23F4N3O/c1-15-25(31-24(30)32(15)2,19-7-9-21(27)17(13-19)6-5-16-3-4-16)20-8-10-22(33-23(28)29)18(14-20)11-12-26/h7-10,13-14,16,23H,1,3-4,11-12H2,2H3,(H2,30,31)/t25-/m1/s1. The normalized spacial score (nSPS) is 20.0. The number of aryl methyl sites for hydroxylation is 1. The minimum absolute atomic E-state index is 0.120.